The summed E-state index contributed by atoms with van der Waals surface area (Å²) >= 11 is 6.07. The number of hydrogen-bond acceptors (Lipinski definition) is 3. The van der Waals surface area contributed by atoms with Gasteiger partial charge in [-0.1, -0.05) is 11.6 Å². The van der Waals surface area contributed by atoms with Crippen LogP contribution in [0.4, 0.5) is 10.5 Å². The number of methoxy groups -OCH3 is 1. The van der Waals surface area contributed by atoms with E-state index >= 15 is 0 Å². The summed E-state index contributed by atoms with van der Waals surface area (Å²) in [5.41, 5.74) is 0.641. The zero-order valence-corrected chi connectivity index (χ0v) is 12.9. The molecule has 5 nitrogen and oxygen atoms in total. The highest BCUT2D eigenvalue weighted by Gasteiger charge is 2.09. The molecule has 0 heterocycles. The minimum atomic E-state index is -0.179. The number of nitrogens with zero attached hydrogens (tertiary/aromatic N) is 1. The SMILES string of the molecule is CCOc1ccc(NC(=O)N(C)CCCOC)cc1Cl. The van der Waals surface area contributed by atoms with E-state index in [1.54, 1.807) is 37.3 Å². The van der Waals surface area contributed by atoms with Crippen molar-refractivity contribution in [2.45, 2.75) is 13.3 Å². The van der Waals surface area contributed by atoms with Crippen LogP contribution in [0.5, 0.6) is 5.75 Å². The zero-order chi connectivity index (χ0) is 15.0. The second kappa shape index (κ2) is 8.66. The summed E-state index contributed by atoms with van der Waals surface area (Å²) < 4.78 is 10.3. The van der Waals surface area contributed by atoms with Crippen LogP contribution >= 0.6 is 11.6 Å². The van der Waals surface area contributed by atoms with Crippen molar-refractivity contribution >= 4 is 23.3 Å². The molecule has 0 atom stereocenters. The quantitative estimate of drug-likeness (QED) is 0.787. The number of anilines is 1. The third-order valence-electron chi connectivity index (χ3n) is 2.67. The van der Waals surface area contributed by atoms with Crippen molar-refractivity contribution in [2.75, 3.05) is 39.2 Å². The first-order valence-corrected chi connectivity index (χ1v) is 6.89. The molecule has 0 radical (unpaired) electrons. The van der Waals surface area contributed by atoms with Crippen molar-refractivity contribution in [1.29, 1.82) is 0 Å². The van der Waals surface area contributed by atoms with Crippen molar-refractivity contribution in [3.63, 3.8) is 0 Å². The van der Waals surface area contributed by atoms with Gasteiger partial charge in [0.2, 0.25) is 0 Å². The molecule has 6 heteroatoms. The lowest BCUT2D eigenvalue weighted by molar-refractivity contribution is 0.179. The second-order valence-electron chi connectivity index (χ2n) is 4.28. The third kappa shape index (κ3) is 5.27. The molecule has 1 aromatic rings. The molecule has 0 spiro atoms. The molecule has 0 saturated carbocycles. The van der Waals surface area contributed by atoms with Crippen LogP contribution in [0.3, 0.4) is 0 Å². The molecular weight excluding hydrogens is 280 g/mol. The molecule has 1 N–H and O–H groups in total. The van der Waals surface area contributed by atoms with E-state index in [0.717, 1.165) is 6.42 Å². The molecule has 0 aliphatic heterocycles. The number of ether oxygens (including phenoxy) is 2. The summed E-state index contributed by atoms with van der Waals surface area (Å²) in [4.78, 5) is 13.5. The number of halogens is 1. The first-order valence-electron chi connectivity index (χ1n) is 6.52. The van der Waals surface area contributed by atoms with E-state index in [4.69, 9.17) is 21.1 Å². The fraction of sp³-hybridized carbons (Fsp3) is 0.500. The predicted molar refractivity (Wildman–Crippen MR) is 80.8 cm³/mol. The van der Waals surface area contributed by atoms with E-state index in [1.807, 2.05) is 6.92 Å². The van der Waals surface area contributed by atoms with E-state index in [1.165, 1.54) is 0 Å². The molecule has 112 valence electrons. The smallest absolute Gasteiger partial charge is 0.321 e. The Morgan fingerprint density at radius 3 is 2.80 bits per heavy atom. The molecule has 0 aliphatic carbocycles. The Hall–Kier alpha value is -1.46. The van der Waals surface area contributed by atoms with Gasteiger partial charge in [-0.25, -0.2) is 4.79 Å². The molecule has 0 aromatic heterocycles. The number of amides is 2. The van der Waals surface area contributed by atoms with E-state index in [0.29, 0.717) is 36.2 Å². The number of hydrogen-bond donors (Lipinski definition) is 1. The van der Waals surface area contributed by atoms with Crippen LogP contribution in [0.25, 0.3) is 0 Å². The van der Waals surface area contributed by atoms with Gasteiger partial charge in [-0.3, -0.25) is 0 Å². The lowest BCUT2D eigenvalue weighted by Crippen LogP contribution is -2.32. The van der Waals surface area contributed by atoms with E-state index in [2.05, 4.69) is 5.32 Å². The lowest BCUT2D eigenvalue weighted by atomic mass is 10.3. The molecule has 0 fully saturated rings. The summed E-state index contributed by atoms with van der Waals surface area (Å²) in [6.45, 7) is 3.70. The Labute approximate surface area is 124 Å². The number of benzene rings is 1. The largest absolute Gasteiger partial charge is 0.492 e. The monoisotopic (exact) mass is 300 g/mol. The predicted octanol–water partition coefficient (Wildman–Crippen LogP) is 3.24. The Kier molecular flexibility index (Phi) is 7.18. The topological polar surface area (TPSA) is 50.8 Å². The van der Waals surface area contributed by atoms with E-state index < -0.39 is 0 Å². The Balaban J connectivity index is 2.55. The van der Waals surface area contributed by atoms with Crippen molar-refractivity contribution in [3.05, 3.63) is 23.2 Å². The van der Waals surface area contributed by atoms with E-state index in [-0.39, 0.29) is 6.03 Å². The molecule has 0 aliphatic rings. The molecule has 0 saturated heterocycles. The summed E-state index contributed by atoms with van der Waals surface area (Å²) in [6.07, 6.45) is 0.796. The molecule has 1 rings (SSSR count). The average Bonchev–Trinajstić information content (AvgIpc) is 2.42. The highest BCUT2D eigenvalue weighted by Crippen LogP contribution is 2.27. The molecule has 2 amide bonds. The number of urea groups is 1. The summed E-state index contributed by atoms with van der Waals surface area (Å²) in [5, 5.41) is 3.26. The fourth-order valence-electron chi connectivity index (χ4n) is 1.62. The second-order valence-corrected chi connectivity index (χ2v) is 4.68. The maximum atomic E-state index is 11.9. The summed E-state index contributed by atoms with van der Waals surface area (Å²) in [5.74, 6) is 0.612. The Bertz CT molecular complexity index is 440. The summed E-state index contributed by atoms with van der Waals surface area (Å²) in [6, 6.07) is 5.00. The number of rotatable bonds is 7. The van der Waals surface area contributed by atoms with Crippen molar-refractivity contribution < 1.29 is 14.3 Å². The fourth-order valence-corrected chi connectivity index (χ4v) is 1.85. The van der Waals surface area contributed by atoms with Crippen molar-refractivity contribution in [2.24, 2.45) is 0 Å². The van der Waals surface area contributed by atoms with Crippen molar-refractivity contribution in [1.82, 2.24) is 4.90 Å². The Morgan fingerprint density at radius 1 is 1.45 bits per heavy atom. The van der Waals surface area contributed by atoms with Gasteiger partial charge in [0.1, 0.15) is 5.75 Å². The first-order chi connectivity index (χ1) is 9.58. The van der Waals surface area contributed by atoms with Crippen LogP contribution in [0.1, 0.15) is 13.3 Å². The van der Waals surface area contributed by atoms with Crippen molar-refractivity contribution in [3.8, 4) is 5.75 Å². The number of carbonyl (C=O) groups is 1. The van der Waals surface area contributed by atoms with Crippen LogP contribution < -0.4 is 10.1 Å². The minimum Gasteiger partial charge on any atom is -0.492 e. The molecule has 0 unspecified atom stereocenters. The van der Waals surface area contributed by atoms with Crippen LogP contribution in [-0.4, -0.2) is 44.8 Å². The van der Waals surface area contributed by atoms with Gasteiger partial charge in [-0.15, -0.1) is 0 Å². The molecule has 20 heavy (non-hydrogen) atoms. The highest BCUT2D eigenvalue weighted by atomic mass is 35.5. The standard InChI is InChI=1S/C14H21ClN2O3/c1-4-20-13-7-6-11(10-12(13)15)16-14(18)17(2)8-5-9-19-3/h6-7,10H,4-5,8-9H2,1-3H3,(H,16,18). The van der Waals surface area contributed by atoms with E-state index in [9.17, 15) is 4.79 Å². The van der Waals surface area contributed by atoms with Gasteiger partial charge in [0.25, 0.3) is 0 Å². The van der Waals surface area contributed by atoms with Gasteiger partial charge in [-0.2, -0.15) is 0 Å². The van der Waals surface area contributed by atoms with Gasteiger partial charge in [0, 0.05) is 33.0 Å². The number of carbonyl (C=O) groups excluding carboxylic acids is 1. The molecule has 0 bridgehead atoms. The third-order valence-corrected chi connectivity index (χ3v) is 2.97. The van der Waals surface area contributed by atoms with Gasteiger partial charge < -0.3 is 19.7 Å². The van der Waals surface area contributed by atoms with Crippen LogP contribution in [0.2, 0.25) is 5.02 Å². The van der Waals surface area contributed by atoms with Gasteiger partial charge in [0.05, 0.1) is 11.6 Å². The Morgan fingerprint density at radius 2 is 2.20 bits per heavy atom. The van der Waals surface area contributed by atoms with Gasteiger partial charge >= 0.3 is 6.03 Å². The molecule has 1 aromatic carbocycles. The average molecular weight is 301 g/mol. The van der Waals surface area contributed by atoms with Gasteiger partial charge in [0.15, 0.2) is 0 Å². The normalized spacial score (nSPS) is 10.2. The van der Waals surface area contributed by atoms with Crippen LogP contribution in [0, 0.1) is 0 Å². The number of nitrogens with one attached hydrogen (secondary N) is 1. The zero-order valence-electron chi connectivity index (χ0n) is 12.1. The maximum absolute atomic E-state index is 11.9. The maximum Gasteiger partial charge on any atom is 0.321 e. The lowest BCUT2D eigenvalue weighted by Gasteiger charge is -2.18. The first kappa shape index (κ1) is 16.6. The van der Waals surface area contributed by atoms with Crippen LogP contribution in [-0.2, 0) is 4.74 Å². The summed E-state index contributed by atoms with van der Waals surface area (Å²) in [7, 11) is 3.38. The molecular formula is C14H21ClN2O3. The minimum absolute atomic E-state index is 0.179. The highest BCUT2D eigenvalue weighted by molar-refractivity contribution is 6.32. The van der Waals surface area contributed by atoms with Crippen LogP contribution in [0.15, 0.2) is 18.2 Å². The van der Waals surface area contributed by atoms with Gasteiger partial charge in [-0.05, 0) is 31.5 Å².